The highest BCUT2D eigenvalue weighted by molar-refractivity contribution is 7.90. The van der Waals surface area contributed by atoms with Gasteiger partial charge in [-0.05, 0) is 18.6 Å². The highest BCUT2D eigenvalue weighted by atomic mass is 32.2. The smallest absolute Gasteiger partial charge is 0.147 e. The Balaban J connectivity index is 2.92. The van der Waals surface area contributed by atoms with E-state index in [0.717, 1.165) is 6.26 Å². The minimum atomic E-state index is -3.18. The quantitative estimate of drug-likeness (QED) is 0.868. The lowest BCUT2D eigenvalue weighted by molar-refractivity contribution is 0.165. The maximum atomic E-state index is 13.5. The monoisotopic (exact) mass is 262 g/mol. The predicted octanol–water partition coefficient (Wildman–Crippen LogP) is 1.30. The van der Waals surface area contributed by atoms with Crippen LogP contribution in [0.4, 0.5) is 4.39 Å². The number of aliphatic hydroxyl groups is 1. The number of halogens is 1. The highest BCUT2D eigenvalue weighted by Crippen LogP contribution is 2.29. The molecule has 0 aliphatic rings. The number of hydrogen-bond donors (Lipinski definition) is 1. The molecule has 4 nitrogen and oxygen atoms in total. The Labute approximate surface area is 100.0 Å². The Kier molecular flexibility index (Phi) is 4.47. The molecule has 0 saturated carbocycles. The van der Waals surface area contributed by atoms with Crippen LogP contribution in [0.2, 0.25) is 0 Å². The maximum absolute atomic E-state index is 13.5. The molecule has 17 heavy (non-hydrogen) atoms. The van der Waals surface area contributed by atoms with E-state index < -0.39 is 21.8 Å². The van der Waals surface area contributed by atoms with E-state index in [2.05, 4.69) is 0 Å². The van der Waals surface area contributed by atoms with E-state index in [4.69, 9.17) is 4.74 Å². The molecule has 0 radical (unpaired) electrons. The summed E-state index contributed by atoms with van der Waals surface area (Å²) >= 11 is 0. The second-order valence-electron chi connectivity index (χ2n) is 3.79. The zero-order valence-corrected chi connectivity index (χ0v) is 10.5. The summed E-state index contributed by atoms with van der Waals surface area (Å²) in [5.74, 6) is -0.595. The fraction of sp³-hybridized carbons (Fsp3) is 0.455. The number of methoxy groups -OCH3 is 1. The van der Waals surface area contributed by atoms with Crippen LogP contribution in [0.3, 0.4) is 0 Å². The van der Waals surface area contributed by atoms with Crippen LogP contribution in [-0.4, -0.2) is 32.6 Å². The molecule has 1 aromatic carbocycles. The first-order valence-electron chi connectivity index (χ1n) is 5.03. The molecule has 0 amide bonds. The average Bonchev–Trinajstić information content (AvgIpc) is 2.24. The highest BCUT2D eigenvalue weighted by Gasteiger charge is 2.19. The molecule has 0 aliphatic heterocycles. The van der Waals surface area contributed by atoms with Crippen LogP contribution >= 0.6 is 0 Å². The van der Waals surface area contributed by atoms with Crippen LogP contribution in [-0.2, 0) is 9.84 Å². The number of benzene rings is 1. The molecular formula is C11H15FO4S. The van der Waals surface area contributed by atoms with Crippen LogP contribution in [0.25, 0.3) is 0 Å². The minimum absolute atomic E-state index is 0.00125. The van der Waals surface area contributed by atoms with E-state index in [1.165, 1.54) is 25.3 Å². The third-order valence-electron chi connectivity index (χ3n) is 2.33. The van der Waals surface area contributed by atoms with Gasteiger partial charge in [0.25, 0.3) is 0 Å². The van der Waals surface area contributed by atoms with Crippen molar-refractivity contribution in [2.75, 3.05) is 19.1 Å². The number of hydrogen-bond acceptors (Lipinski definition) is 4. The van der Waals surface area contributed by atoms with E-state index >= 15 is 0 Å². The summed E-state index contributed by atoms with van der Waals surface area (Å²) in [6, 6.07) is 4.17. The van der Waals surface area contributed by atoms with Crippen molar-refractivity contribution in [3.8, 4) is 5.75 Å². The molecule has 96 valence electrons. The summed E-state index contributed by atoms with van der Waals surface area (Å²) in [7, 11) is -1.82. The zero-order valence-electron chi connectivity index (χ0n) is 9.68. The Morgan fingerprint density at radius 3 is 2.65 bits per heavy atom. The van der Waals surface area contributed by atoms with Crippen LogP contribution in [0.1, 0.15) is 18.1 Å². The lowest BCUT2D eigenvalue weighted by Gasteiger charge is -2.15. The van der Waals surface area contributed by atoms with E-state index in [9.17, 15) is 17.9 Å². The fourth-order valence-electron chi connectivity index (χ4n) is 1.49. The Hall–Kier alpha value is -1.14. The summed E-state index contributed by atoms with van der Waals surface area (Å²) in [5, 5.41) is 9.79. The van der Waals surface area contributed by atoms with Crippen LogP contribution in [0.5, 0.6) is 5.75 Å². The van der Waals surface area contributed by atoms with Crippen LogP contribution in [0.15, 0.2) is 18.2 Å². The number of rotatable bonds is 5. The number of ether oxygens (including phenoxy) is 1. The second-order valence-corrected chi connectivity index (χ2v) is 6.05. The van der Waals surface area contributed by atoms with Crippen molar-refractivity contribution in [3.05, 3.63) is 29.6 Å². The second kappa shape index (κ2) is 5.46. The van der Waals surface area contributed by atoms with Gasteiger partial charge in [0.1, 0.15) is 21.4 Å². The Bertz CT molecular complexity index is 484. The molecular weight excluding hydrogens is 247 g/mol. The predicted molar refractivity (Wildman–Crippen MR) is 62.2 cm³/mol. The van der Waals surface area contributed by atoms with Gasteiger partial charge in [0.05, 0.1) is 24.5 Å². The molecule has 1 rings (SSSR count). The summed E-state index contributed by atoms with van der Waals surface area (Å²) < 4.78 is 40.4. The molecule has 0 aromatic heterocycles. The third kappa shape index (κ3) is 3.98. The molecule has 1 unspecified atom stereocenters. The lowest BCUT2D eigenvalue weighted by atomic mass is 10.1. The third-order valence-corrected chi connectivity index (χ3v) is 3.31. The van der Waals surface area contributed by atoms with Crippen LogP contribution < -0.4 is 4.74 Å². The SMILES string of the molecule is COc1cccc(F)c1C(O)CCS(C)(=O)=O. The first kappa shape index (κ1) is 13.9. The van der Waals surface area contributed by atoms with E-state index in [-0.39, 0.29) is 23.5 Å². The van der Waals surface area contributed by atoms with Crippen molar-refractivity contribution in [1.82, 2.24) is 0 Å². The number of aliphatic hydroxyl groups excluding tert-OH is 1. The standard InChI is InChI=1S/C11H15FO4S/c1-16-10-5-3-4-8(12)11(10)9(13)6-7-17(2,14)15/h3-5,9,13H,6-7H2,1-2H3. The van der Waals surface area contributed by atoms with Gasteiger partial charge >= 0.3 is 0 Å². The van der Waals surface area contributed by atoms with E-state index in [0.29, 0.717) is 0 Å². The molecule has 6 heteroatoms. The first-order chi connectivity index (χ1) is 7.85. The Morgan fingerprint density at radius 2 is 2.12 bits per heavy atom. The molecule has 0 spiro atoms. The molecule has 1 aromatic rings. The van der Waals surface area contributed by atoms with Gasteiger partial charge in [-0.1, -0.05) is 6.07 Å². The van der Waals surface area contributed by atoms with Gasteiger partial charge in [-0.25, -0.2) is 12.8 Å². The van der Waals surface area contributed by atoms with Crippen molar-refractivity contribution in [1.29, 1.82) is 0 Å². The lowest BCUT2D eigenvalue weighted by Crippen LogP contribution is -2.10. The molecule has 0 aliphatic carbocycles. The van der Waals surface area contributed by atoms with Crippen molar-refractivity contribution in [3.63, 3.8) is 0 Å². The van der Waals surface area contributed by atoms with E-state index in [1.54, 1.807) is 0 Å². The summed E-state index contributed by atoms with van der Waals surface area (Å²) in [6.07, 6.45) is -0.185. The minimum Gasteiger partial charge on any atom is -0.496 e. The normalized spacial score (nSPS) is 13.4. The first-order valence-corrected chi connectivity index (χ1v) is 7.09. The summed E-state index contributed by atoms with van der Waals surface area (Å²) in [6.45, 7) is 0. The fourth-order valence-corrected chi connectivity index (χ4v) is 2.14. The largest absolute Gasteiger partial charge is 0.496 e. The van der Waals surface area contributed by atoms with Crippen molar-refractivity contribution >= 4 is 9.84 Å². The summed E-state index contributed by atoms with van der Waals surface area (Å²) in [5.41, 5.74) is -0.00125. The van der Waals surface area contributed by atoms with E-state index in [1.807, 2.05) is 0 Å². The Morgan fingerprint density at radius 1 is 1.47 bits per heavy atom. The van der Waals surface area contributed by atoms with Crippen molar-refractivity contribution in [2.24, 2.45) is 0 Å². The molecule has 1 N–H and O–H groups in total. The topological polar surface area (TPSA) is 63.6 Å². The number of sulfone groups is 1. The van der Waals surface area contributed by atoms with Gasteiger partial charge in [0.15, 0.2) is 0 Å². The average molecular weight is 262 g/mol. The molecule has 0 fully saturated rings. The van der Waals surface area contributed by atoms with Gasteiger partial charge < -0.3 is 9.84 Å². The van der Waals surface area contributed by atoms with Gasteiger partial charge in [-0.3, -0.25) is 0 Å². The maximum Gasteiger partial charge on any atom is 0.147 e. The zero-order chi connectivity index (χ0) is 13.1. The van der Waals surface area contributed by atoms with Gasteiger partial charge in [0.2, 0.25) is 0 Å². The summed E-state index contributed by atoms with van der Waals surface area (Å²) in [4.78, 5) is 0. The molecule has 0 bridgehead atoms. The van der Waals surface area contributed by atoms with Gasteiger partial charge in [-0.15, -0.1) is 0 Å². The van der Waals surface area contributed by atoms with Gasteiger partial charge in [-0.2, -0.15) is 0 Å². The van der Waals surface area contributed by atoms with Crippen molar-refractivity contribution in [2.45, 2.75) is 12.5 Å². The van der Waals surface area contributed by atoms with Crippen LogP contribution in [0, 0.1) is 5.82 Å². The molecule has 0 saturated heterocycles. The molecule has 0 heterocycles. The van der Waals surface area contributed by atoms with Gasteiger partial charge in [0, 0.05) is 6.26 Å². The van der Waals surface area contributed by atoms with Crippen molar-refractivity contribution < 1.29 is 22.7 Å². The molecule has 1 atom stereocenters.